The Morgan fingerprint density at radius 1 is 0.946 bits per heavy atom. The van der Waals surface area contributed by atoms with Gasteiger partial charge in [0.15, 0.2) is 5.75 Å². The maximum absolute atomic E-state index is 12.9. The van der Waals surface area contributed by atoms with Crippen LogP contribution < -0.4 is 5.32 Å². The number of carbonyl (C=O) groups is 2. The molecule has 1 amide bonds. The molecule has 6 aliphatic rings. The minimum absolute atomic E-state index is 0.171. The molecular weight excluding hydrogens is 468 g/mol. The number of rotatable bonds is 9. The number of hydrogen-bond donors (Lipinski definition) is 4. The Bertz CT molecular complexity index is 1130. The van der Waals surface area contributed by atoms with Crippen LogP contribution in [0.2, 0.25) is 0 Å². The lowest BCUT2D eigenvalue weighted by molar-refractivity contribution is -0.116. The molecule has 2 fully saturated rings. The highest BCUT2D eigenvalue weighted by Gasteiger charge is 2.52. The van der Waals surface area contributed by atoms with Crippen LogP contribution in [0.5, 0.6) is 11.5 Å². The molecule has 7 rings (SSSR count). The third-order valence-electron chi connectivity index (χ3n) is 10.3. The molecule has 0 unspecified atom stereocenters. The van der Waals surface area contributed by atoms with Crippen molar-refractivity contribution in [2.24, 2.45) is 34.5 Å². The van der Waals surface area contributed by atoms with Gasteiger partial charge in [-0.05, 0) is 72.3 Å². The van der Waals surface area contributed by atoms with Crippen LogP contribution in [-0.4, -0.2) is 51.7 Å². The minimum atomic E-state index is -1.33. The maximum Gasteiger partial charge on any atom is 0.339 e. The lowest BCUT2D eigenvalue weighted by Crippen LogP contribution is -2.51. The zero-order valence-corrected chi connectivity index (χ0v) is 22.4. The molecular formula is C30H40N2O5. The molecule has 200 valence electrons. The number of aromatic carboxylic acids is 1. The van der Waals surface area contributed by atoms with E-state index in [2.05, 4.69) is 50.1 Å². The standard InChI is InChI=1S/C30H40N2O5/c1-29(2)19-7-5-17(22(29)13-19)15-32(16-18-6-8-20-14-23(18)30(20,3)4)12-11-25(34)31-26-24(33)10-9-21(27(26)35)28(36)37/h5-6,9-10,19-20,22-23,33,35H,7-8,11-16H2,1-4H3,(H,31,34)(H,36,37)/t19-,20-,22-,23-/m1/s1. The van der Waals surface area contributed by atoms with Gasteiger partial charge < -0.3 is 20.6 Å². The summed E-state index contributed by atoms with van der Waals surface area (Å²) in [5.41, 5.74) is 3.02. The SMILES string of the molecule is CC1(C)[C@@H]2CC=C(CN(CCC(=O)Nc3c(O)ccc(C(=O)O)c3O)CC3=CC[C@@H]4C[C@H]3C4(C)C)[C@H]1C2. The number of phenols is 2. The second kappa shape index (κ2) is 9.19. The van der Waals surface area contributed by atoms with Gasteiger partial charge in [0, 0.05) is 26.1 Å². The lowest BCUT2D eigenvalue weighted by atomic mass is 9.48. The molecule has 6 aliphatic carbocycles. The van der Waals surface area contributed by atoms with Crippen molar-refractivity contribution in [3.63, 3.8) is 0 Å². The van der Waals surface area contributed by atoms with Crippen molar-refractivity contribution in [1.82, 2.24) is 4.90 Å². The molecule has 4 atom stereocenters. The Labute approximate surface area is 219 Å². The summed E-state index contributed by atoms with van der Waals surface area (Å²) in [4.78, 5) is 26.6. The van der Waals surface area contributed by atoms with Crippen molar-refractivity contribution in [2.45, 2.75) is 59.8 Å². The number of aromatic hydroxyl groups is 2. The van der Waals surface area contributed by atoms with Crippen LogP contribution in [0.3, 0.4) is 0 Å². The fourth-order valence-electron chi connectivity index (χ4n) is 7.38. The van der Waals surface area contributed by atoms with E-state index in [0.717, 1.165) is 49.9 Å². The van der Waals surface area contributed by atoms with Crippen molar-refractivity contribution in [2.75, 3.05) is 25.0 Å². The largest absolute Gasteiger partial charge is 0.506 e. The number of hydrogen-bond acceptors (Lipinski definition) is 5. The van der Waals surface area contributed by atoms with Crippen LogP contribution in [0.25, 0.3) is 0 Å². The van der Waals surface area contributed by atoms with Crippen LogP contribution in [-0.2, 0) is 4.79 Å². The Morgan fingerprint density at radius 3 is 1.95 bits per heavy atom. The topological polar surface area (TPSA) is 110 Å². The van der Waals surface area contributed by atoms with Crippen LogP contribution in [0.1, 0.15) is 70.2 Å². The van der Waals surface area contributed by atoms with Gasteiger partial charge in [-0.25, -0.2) is 4.79 Å². The van der Waals surface area contributed by atoms with Gasteiger partial charge in [0.1, 0.15) is 17.0 Å². The molecule has 0 spiro atoms. The number of benzene rings is 1. The summed E-state index contributed by atoms with van der Waals surface area (Å²) in [5, 5.41) is 32.2. The molecule has 1 aromatic rings. The zero-order chi connectivity index (χ0) is 26.7. The second-order valence-electron chi connectivity index (χ2n) is 12.8. The number of fused-ring (bicyclic) bond motifs is 2. The van der Waals surface area contributed by atoms with Crippen LogP contribution in [0.15, 0.2) is 35.4 Å². The Hall–Kier alpha value is -2.80. The summed E-state index contributed by atoms with van der Waals surface area (Å²) < 4.78 is 0. The van der Waals surface area contributed by atoms with Crippen LogP contribution >= 0.6 is 0 Å². The highest BCUT2D eigenvalue weighted by molar-refractivity contribution is 5.99. The first-order valence-corrected chi connectivity index (χ1v) is 13.6. The molecule has 4 N–H and O–H groups in total. The molecule has 0 saturated heterocycles. The predicted octanol–water partition coefficient (Wildman–Crippen LogP) is 5.41. The summed E-state index contributed by atoms with van der Waals surface area (Å²) in [7, 11) is 0. The number of carbonyl (C=O) groups excluding carboxylic acids is 1. The van der Waals surface area contributed by atoms with Crippen molar-refractivity contribution < 1.29 is 24.9 Å². The summed E-state index contributed by atoms with van der Waals surface area (Å²) in [6, 6.07) is 2.27. The summed E-state index contributed by atoms with van der Waals surface area (Å²) in [6.45, 7) is 11.7. The fourth-order valence-corrected chi connectivity index (χ4v) is 7.38. The van der Waals surface area contributed by atoms with E-state index in [1.807, 2.05) is 0 Å². The van der Waals surface area contributed by atoms with E-state index in [-0.39, 0.29) is 29.3 Å². The van der Waals surface area contributed by atoms with Crippen molar-refractivity contribution in [3.8, 4) is 11.5 Å². The number of carboxylic acid groups (broad SMARTS) is 1. The van der Waals surface area contributed by atoms with Gasteiger partial charge in [-0.15, -0.1) is 0 Å². The number of carboxylic acids is 1. The molecule has 0 radical (unpaired) electrons. The molecule has 0 aliphatic heterocycles. The Morgan fingerprint density at radius 2 is 1.49 bits per heavy atom. The Balaban J connectivity index is 1.29. The monoisotopic (exact) mass is 508 g/mol. The van der Waals surface area contributed by atoms with E-state index in [4.69, 9.17) is 0 Å². The van der Waals surface area contributed by atoms with Gasteiger partial charge in [-0.1, -0.05) is 51.0 Å². The summed E-state index contributed by atoms with van der Waals surface area (Å²) >= 11 is 0. The van der Waals surface area contributed by atoms with Gasteiger partial charge in [0.25, 0.3) is 0 Å². The van der Waals surface area contributed by atoms with Crippen molar-refractivity contribution in [1.29, 1.82) is 0 Å². The molecule has 0 aromatic heterocycles. The first-order valence-electron chi connectivity index (χ1n) is 13.6. The molecule has 4 bridgehead atoms. The van der Waals surface area contributed by atoms with Gasteiger partial charge in [0.2, 0.25) is 5.91 Å². The number of nitrogens with one attached hydrogen (secondary N) is 1. The van der Waals surface area contributed by atoms with E-state index >= 15 is 0 Å². The highest BCUT2D eigenvalue weighted by atomic mass is 16.4. The zero-order valence-electron chi connectivity index (χ0n) is 22.4. The third kappa shape index (κ3) is 4.45. The van der Waals surface area contributed by atoms with Crippen molar-refractivity contribution >= 4 is 17.6 Å². The number of nitrogens with zero attached hydrogens (tertiary/aromatic N) is 1. The van der Waals surface area contributed by atoms with E-state index in [9.17, 15) is 24.9 Å². The number of phenolic OH excluding ortho intramolecular Hbond substituents is 1. The van der Waals surface area contributed by atoms with E-state index < -0.39 is 11.7 Å². The van der Waals surface area contributed by atoms with Gasteiger partial charge in [0.05, 0.1) is 0 Å². The van der Waals surface area contributed by atoms with Crippen LogP contribution in [0, 0.1) is 34.5 Å². The minimum Gasteiger partial charge on any atom is -0.506 e. The number of amides is 1. The molecule has 0 heterocycles. The second-order valence-corrected chi connectivity index (χ2v) is 12.8. The molecule has 7 heteroatoms. The molecule has 37 heavy (non-hydrogen) atoms. The summed E-state index contributed by atoms with van der Waals surface area (Å²) in [5.74, 6) is 0.0360. The van der Waals surface area contributed by atoms with Gasteiger partial charge in [-0.3, -0.25) is 9.69 Å². The molecule has 7 nitrogen and oxygen atoms in total. The van der Waals surface area contributed by atoms with E-state index in [1.165, 1.54) is 24.0 Å². The Kier molecular flexibility index (Phi) is 6.42. The van der Waals surface area contributed by atoms with Crippen LogP contribution in [0.4, 0.5) is 5.69 Å². The van der Waals surface area contributed by atoms with Gasteiger partial charge >= 0.3 is 5.97 Å². The average molecular weight is 509 g/mol. The highest BCUT2D eigenvalue weighted by Crippen LogP contribution is 2.60. The first kappa shape index (κ1) is 25.8. The fraction of sp³-hybridized carbons (Fsp3) is 0.600. The first-order chi connectivity index (χ1) is 17.4. The molecule has 2 saturated carbocycles. The predicted molar refractivity (Wildman–Crippen MR) is 143 cm³/mol. The maximum atomic E-state index is 12.9. The lowest BCUT2D eigenvalue weighted by Gasteiger charge is -2.58. The number of anilines is 1. The van der Waals surface area contributed by atoms with E-state index in [1.54, 1.807) is 0 Å². The van der Waals surface area contributed by atoms with Gasteiger partial charge in [-0.2, -0.15) is 0 Å². The van der Waals surface area contributed by atoms with E-state index in [0.29, 0.717) is 29.2 Å². The molecule has 1 aromatic carbocycles. The third-order valence-corrected chi connectivity index (χ3v) is 10.3. The summed E-state index contributed by atoms with van der Waals surface area (Å²) in [6.07, 6.45) is 9.78. The number of allylic oxidation sites excluding steroid dienone is 2. The quantitative estimate of drug-likeness (QED) is 0.262. The normalized spacial score (nSPS) is 28.5. The smallest absolute Gasteiger partial charge is 0.339 e. The average Bonchev–Trinajstić information content (AvgIpc) is 2.84. The van der Waals surface area contributed by atoms with Crippen molar-refractivity contribution in [3.05, 3.63) is 41.0 Å².